The van der Waals surface area contributed by atoms with Gasteiger partial charge in [0.15, 0.2) is 12.6 Å². The average Bonchev–Trinajstić information content (AvgIpc) is 2.63. The van der Waals surface area contributed by atoms with Crippen LogP contribution in [0.4, 0.5) is 11.4 Å². The van der Waals surface area contributed by atoms with Gasteiger partial charge < -0.3 is 20.3 Å². The SMILES string of the molecule is COc1cccc(NC(=O)C[NH+](C)[C@@H](C)C(=O)Nc2ccc(Cl)cc2Cl)c1. The highest BCUT2D eigenvalue weighted by molar-refractivity contribution is 6.36. The van der Waals surface area contributed by atoms with Crippen LogP contribution in [0.25, 0.3) is 0 Å². The highest BCUT2D eigenvalue weighted by Crippen LogP contribution is 2.25. The molecule has 144 valence electrons. The predicted molar refractivity (Wildman–Crippen MR) is 108 cm³/mol. The Labute approximate surface area is 168 Å². The molecule has 0 saturated heterocycles. The third-order valence-electron chi connectivity index (χ3n) is 4.11. The van der Waals surface area contributed by atoms with Crippen LogP contribution in [-0.2, 0) is 9.59 Å². The van der Waals surface area contributed by atoms with Crippen molar-refractivity contribution >= 4 is 46.4 Å². The first-order valence-corrected chi connectivity index (χ1v) is 9.08. The monoisotopic (exact) mass is 410 g/mol. The van der Waals surface area contributed by atoms with Crippen LogP contribution in [0.1, 0.15) is 6.92 Å². The summed E-state index contributed by atoms with van der Waals surface area (Å²) in [5.74, 6) is 0.205. The zero-order valence-corrected chi connectivity index (χ0v) is 16.8. The molecule has 0 radical (unpaired) electrons. The lowest BCUT2D eigenvalue weighted by molar-refractivity contribution is -0.885. The summed E-state index contributed by atoms with van der Waals surface area (Å²) in [6.45, 7) is 1.87. The summed E-state index contributed by atoms with van der Waals surface area (Å²) in [6, 6.07) is 11.5. The van der Waals surface area contributed by atoms with E-state index in [0.717, 1.165) is 4.90 Å². The Bertz CT molecular complexity index is 830. The molecule has 0 spiro atoms. The van der Waals surface area contributed by atoms with E-state index in [4.69, 9.17) is 27.9 Å². The number of amides is 2. The first-order chi connectivity index (χ1) is 12.8. The summed E-state index contributed by atoms with van der Waals surface area (Å²) in [4.78, 5) is 25.4. The van der Waals surface area contributed by atoms with E-state index in [1.807, 2.05) is 0 Å². The Morgan fingerprint density at radius 3 is 2.56 bits per heavy atom. The molecule has 0 heterocycles. The van der Waals surface area contributed by atoms with E-state index in [-0.39, 0.29) is 18.4 Å². The van der Waals surface area contributed by atoms with Gasteiger partial charge in [0.2, 0.25) is 0 Å². The fraction of sp³-hybridized carbons (Fsp3) is 0.263. The van der Waals surface area contributed by atoms with Gasteiger partial charge in [0.1, 0.15) is 5.75 Å². The number of hydrogen-bond acceptors (Lipinski definition) is 3. The normalized spacial score (nSPS) is 12.8. The van der Waals surface area contributed by atoms with Gasteiger partial charge in [-0.15, -0.1) is 0 Å². The second-order valence-corrected chi connectivity index (χ2v) is 6.98. The maximum atomic E-state index is 12.4. The number of anilines is 2. The Balaban J connectivity index is 1.92. The lowest BCUT2D eigenvalue weighted by Gasteiger charge is -2.21. The van der Waals surface area contributed by atoms with Gasteiger partial charge in [0, 0.05) is 16.8 Å². The number of ether oxygens (including phenoxy) is 1. The fourth-order valence-electron chi connectivity index (χ4n) is 2.37. The van der Waals surface area contributed by atoms with Crippen molar-refractivity contribution in [2.45, 2.75) is 13.0 Å². The molecule has 0 fully saturated rings. The summed E-state index contributed by atoms with van der Waals surface area (Å²) >= 11 is 11.9. The average molecular weight is 411 g/mol. The Hall–Kier alpha value is -2.28. The molecule has 2 aromatic carbocycles. The maximum Gasteiger partial charge on any atom is 0.282 e. The number of benzene rings is 2. The number of carbonyl (C=O) groups excluding carboxylic acids is 2. The van der Waals surface area contributed by atoms with Crippen LogP contribution >= 0.6 is 23.2 Å². The minimum Gasteiger partial charge on any atom is -0.497 e. The zero-order valence-electron chi connectivity index (χ0n) is 15.3. The molecule has 8 heteroatoms. The van der Waals surface area contributed by atoms with Crippen molar-refractivity contribution < 1.29 is 19.2 Å². The molecule has 6 nitrogen and oxygen atoms in total. The zero-order chi connectivity index (χ0) is 20.0. The Morgan fingerprint density at radius 1 is 1.15 bits per heavy atom. The quantitative estimate of drug-likeness (QED) is 0.656. The molecular weight excluding hydrogens is 389 g/mol. The molecule has 0 aliphatic carbocycles. The molecule has 2 amide bonds. The summed E-state index contributed by atoms with van der Waals surface area (Å²) in [7, 11) is 3.34. The number of hydrogen-bond donors (Lipinski definition) is 3. The number of quaternary nitrogens is 1. The summed E-state index contributed by atoms with van der Waals surface area (Å²) in [5.41, 5.74) is 1.11. The third-order valence-corrected chi connectivity index (χ3v) is 4.66. The van der Waals surface area contributed by atoms with Crippen molar-refractivity contribution in [3.8, 4) is 5.75 Å². The maximum absolute atomic E-state index is 12.4. The molecule has 2 aromatic rings. The Kier molecular flexibility index (Phi) is 7.47. The minimum absolute atomic E-state index is 0.125. The summed E-state index contributed by atoms with van der Waals surface area (Å²) < 4.78 is 5.13. The van der Waals surface area contributed by atoms with E-state index in [1.54, 1.807) is 63.5 Å². The third kappa shape index (κ3) is 6.13. The van der Waals surface area contributed by atoms with E-state index < -0.39 is 6.04 Å². The second kappa shape index (κ2) is 9.60. The Morgan fingerprint density at radius 2 is 1.89 bits per heavy atom. The van der Waals surface area contributed by atoms with Gasteiger partial charge in [-0.05, 0) is 37.3 Å². The summed E-state index contributed by atoms with van der Waals surface area (Å²) in [5, 5.41) is 6.40. The van der Waals surface area contributed by atoms with E-state index >= 15 is 0 Å². The molecule has 0 bridgehead atoms. The fourth-order valence-corrected chi connectivity index (χ4v) is 2.82. The molecule has 27 heavy (non-hydrogen) atoms. The van der Waals surface area contributed by atoms with Gasteiger partial charge in [-0.2, -0.15) is 0 Å². The van der Waals surface area contributed by atoms with Gasteiger partial charge in [0.25, 0.3) is 11.8 Å². The van der Waals surface area contributed by atoms with Crippen LogP contribution in [0.2, 0.25) is 10.0 Å². The molecule has 0 aromatic heterocycles. The second-order valence-electron chi connectivity index (χ2n) is 6.14. The molecular formula is C19H22Cl2N3O3+. The first-order valence-electron chi connectivity index (χ1n) is 8.32. The number of rotatable bonds is 7. The van der Waals surface area contributed by atoms with Crippen molar-refractivity contribution in [3.63, 3.8) is 0 Å². The van der Waals surface area contributed by atoms with Crippen LogP contribution in [0, 0.1) is 0 Å². The molecule has 0 saturated carbocycles. The standard InChI is InChI=1S/C19H21Cl2N3O3/c1-12(19(26)23-17-8-7-13(20)9-16(17)21)24(2)11-18(25)22-14-5-4-6-15(10-14)27-3/h4-10,12H,11H2,1-3H3,(H,22,25)(H,23,26)/p+1/t12-/m0/s1. The van der Waals surface area contributed by atoms with Crippen LogP contribution in [0.15, 0.2) is 42.5 Å². The number of halogens is 2. The molecule has 0 aliphatic heterocycles. The van der Waals surface area contributed by atoms with Crippen molar-refractivity contribution in [2.24, 2.45) is 0 Å². The lowest BCUT2D eigenvalue weighted by atomic mass is 10.2. The molecule has 2 atom stereocenters. The molecule has 3 N–H and O–H groups in total. The van der Waals surface area contributed by atoms with Gasteiger partial charge in [-0.1, -0.05) is 29.3 Å². The molecule has 2 rings (SSSR count). The molecule has 0 aliphatic rings. The number of nitrogens with one attached hydrogen (secondary N) is 3. The van der Waals surface area contributed by atoms with E-state index in [2.05, 4.69) is 10.6 Å². The largest absolute Gasteiger partial charge is 0.497 e. The smallest absolute Gasteiger partial charge is 0.282 e. The van der Waals surface area contributed by atoms with Crippen molar-refractivity contribution in [3.05, 3.63) is 52.5 Å². The predicted octanol–water partition coefficient (Wildman–Crippen LogP) is 2.48. The van der Waals surface area contributed by atoms with Crippen LogP contribution in [-0.4, -0.2) is 38.6 Å². The highest BCUT2D eigenvalue weighted by Gasteiger charge is 2.24. The van der Waals surface area contributed by atoms with Crippen molar-refractivity contribution in [2.75, 3.05) is 31.3 Å². The number of methoxy groups -OCH3 is 1. The van der Waals surface area contributed by atoms with E-state index in [9.17, 15) is 9.59 Å². The van der Waals surface area contributed by atoms with E-state index in [1.165, 1.54) is 0 Å². The lowest BCUT2D eigenvalue weighted by Crippen LogP contribution is -3.14. The number of carbonyl (C=O) groups is 2. The first kappa shape index (κ1) is 21.0. The van der Waals surface area contributed by atoms with Crippen LogP contribution < -0.4 is 20.3 Å². The highest BCUT2D eigenvalue weighted by atomic mass is 35.5. The molecule has 1 unspecified atom stereocenters. The topological polar surface area (TPSA) is 71.9 Å². The van der Waals surface area contributed by atoms with Gasteiger partial charge in [-0.25, -0.2) is 0 Å². The van der Waals surface area contributed by atoms with Gasteiger partial charge in [0.05, 0.1) is 24.9 Å². The number of likely N-dealkylation sites (N-methyl/N-ethyl adjacent to an activating group) is 1. The summed E-state index contributed by atoms with van der Waals surface area (Å²) in [6.07, 6.45) is 0. The van der Waals surface area contributed by atoms with Crippen LogP contribution in [0.3, 0.4) is 0 Å². The van der Waals surface area contributed by atoms with Crippen LogP contribution in [0.5, 0.6) is 5.75 Å². The van der Waals surface area contributed by atoms with Crippen molar-refractivity contribution in [1.82, 2.24) is 0 Å². The van der Waals surface area contributed by atoms with E-state index in [0.29, 0.717) is 27.2 Å². The van der Waals surface area contributed by atoms with Gasteiger partial charge >= 0.3 is 0 Å². The van der Waals surface area contributed by atoms with Gasteiger partial charge in [-0.3, -0.25) is 9.59 Å². The minimum atomic E-state index is -0.465. The van der Waals surface area contributed by atoms with Crippen molar-refractivity contribution in [1.29, 1.82) is 0 Å².